The third-order valence-electron chi connectivity index (χ3n) is 4.39. The van der Waals surface area contributed by atoms with Gasteiger partial charge in [-0.15, -0.1) is 0 Å². The monoisotopic (exact) mass is 322 g/mol. The van der Waals surface area contributed by atoms with Gasteiger partial charge >= 0.3 is 0 Å². The van der Waals surface area contributed by atoms with E-state index in [0.29, 0.717) is 0 Å². The first kappa shape index (κ1) is 13.1. The highest BCUT2D eigenvalue weighted by Gasteiger charge is 2.54. The number of piperidine rings is 1. The van der Waals surface area contributed by atoms with Gasteiger partial charge in [0.2, 0.25) is 5.91 Å². The standard InChI is InChI=1S/C15H19BrN2O/c1-15(2)13-12(7-4-8-17-13)18(14(15)19)11-6-3-5-10(16)9-11/h3,5-6,9,12-13,17H,4,7-8H2,1-2H3. The van der Waals surface area contributed by atoms with Crippen LogP contribution in [0.2, 0.25) is 0 Å². The first-order valence-corrected chi connectivity index (χ1v) is 7.64. The molecule has 1 amide bonds. The predicted octanol–water partition coefficient (Wildman–Crippen LogP) is 2.94. The van der Waals surface area contributed by atoms with E-state index in [4.69, 9.17) is 0 Å². The smallest absolute Gasteiger partial charge is 0.234 e. The van der Waals surface area contributed by atoms with Crippen molar-refractivity contribution in [3.05, 3.63) is 28.7 Å². The van der Waals surface area contributed by atoms with Crippen LogP contribution in [-0.2, 0) is 4.79 Å². The summed E-state index contributed by atoms with van der Waals surface area (Å²) in [4.78, 5) is 14.8. The summed E-state index contributed by atoms with van der Waals surface area (Å²) in [6.45, 7) is 5.14. The Balaban J connectivity index is 2.03. The van der Waals surface area contributed by atoms with Gasteiger partial charge in [0.1, 0.15) is 0 Å². The van der Waals surface area contributed by atoms with Crippen molar-refractivity contribution in [2.45, 2.75) is 38.8 Å². The lowest BCUT2D eigenvalue weighted by molar-refractivity contribution is -0.124. The molecule has 1 aromatic carbocycles. The molecule has 1 aromatic rings. The fraction of sp³-hybridized carbons (Fsp3) is 0.533. The molecule has 2 aliphatic heterocycles. The van der Waals surface area contributed by atoms with Crippen LogP contribution >= 0.6 is 15.9 Å². The molecule has 3 nitrogen and oxygen atoms in total. The number of halogens is 1. The minimum absolute atomic E-state index is 0.231. The summed E-state index contributed by atoms with van der Waals surface area (Å²) in [5.41, 5.74) is 0.677. The molecule has 2 aliphatic rings. The first-order valence-electron chi connectivity index (χ1n) is 6.84. The van der Waals surface area contributed by atoms with E-state index < -0.39 is 0 Å². The van der Waals surface area contributed by atoms with Crippen LogP contribution in [0.3, 0.4) is 0 Å². The summed E-state index contributed by atoms with van der Waals surface area (Å²) in [6.07, 6.45) is 2.22. The Kier molecular flexibility index (Phi) is 3.18. The van der Waals surface area contributed by atoms with Crippen molar-refractivity contribution in [3.63, 3.8) is 0 Å². The number of fused-ring (bicyclic) bond motifs is 1. The van der Waals surface area contributed by atoms with Gasteiger partial charge in [0.15, 0.2) is 0 Å². The van der Waals surface area contributed by atoms with E-state index in [1.165, 1.54) is 0 Å². The zero-order chi connectivity index (χ0) is 13.6. The fourth-order valence-electron chi connectivity index (χ4n) is 3.41. The largest absolute Gasteiger partial charge is 0.311 e. The number of anilines is 1. The van der Waals surface area contributed by atoms with Gasteiger partial charge in [-0.3, -0.25) is 4.79 Å². The van der Waals surface area contributed by atoms with E-state index in [2.05, 4.69) is 35.1 Å². The van der Waals surface area contributed by atoms with Crippen molar-refractivity contribution in [3.8, 4) is 0 Å². The minimum atomic E-state index is -0.326. The summed E-state index contributed by atoms with van der Waals surface area (Å²) < 4.78 is 1.02. The van der Waals surface area contributed by atoms with Gasteiger partial charge in [-0.2, -0.15) is 0 Å². The number of carbonyl (C=O) groups excluding carboxylic acids is 1. The van der Waals surface area contributed by atoms with Gasteiger partial charge in [-0.05, 0) is 51.4 Å². The topological polar surface area (TPSA) is 32.3 Å². The molecular formula is C15H19BrN2O. The molecular weight excluding hydrogens is 304 g/mol. The highest BCUT2D eigenvalue weighted by atomic mass is 79.9. The highest BCUT2D eigenvalue weighted by Crippen LogP contribution is 2.42. The molecule has 2 unspecified atom stereocenters. The Morgan fingerprint density at radius 3 is 2.95 bits per heavy atom. The second-order valence-electron chi connectivity index (χ2n) is 6.02. The summed E-state index contributed by atoms with van der Waals surface area (Å²) in [7, 11) is 0. The van der Waals surface area contributed by atoms with E-state index in [1.54, 1.807) is 0 Å². The zero-order valence-electron chi connectivity index (χ0n) is 11.3. The van der Waals surface area contributed by atoms with E-state index in [1.807, 2.05) is 29.2 Å². The summed E-state index contributed by atoms with van der Waals surface area (Å²) >= 11 is 3.49. The molecule has 19 heavy (non-hydrogen) atoms. The Hall–Kier alpha value is -0.870. The quantitative estimate of drug-likeness (QED) is 0.862. The molecule has 2 atom stereocenters. The number of hydrogen-bond acceptors (Lipinski definition) is 2. The van der Waals surface area contributed by atoms with Gasteiger partial charge in [-0.25, -0.2) is 0 Å². The second kappa shape index (κ2) is 4.60. The van der Waals surface area contributed by atoms with E-state index >= 15 is 0 Å². The van der Waals surface area contributed by atoms with Crippen molar-refractivity contribution >= 4 is 27.5 Å². The lowest BCUT2D eigenvalue weighted by atomic mass is 9.81. The van der Waals surface area contributed by atoms with E-state index in [9.17, 15) is 4.79 Å². The molecule has 0 saturated carbocycles. The minimum Gasteiger partial charge on any atom is -0.311 e. The van der Waals surface area contributed by atoms with Crippen LogP contribution < -0.4 is 10.2 Å². The maximum absolute atomic E-state index is 12.8. The number of benzene rings is 1. The highest BCUT2D eigenvalue weighted by molar-refractivity contribution is 9.10. The SMILES string of the molecule is CC1(C)C(=O)N(c2cccc(Br)c2)C2CCCNC21. The van der Waals surface area contributed by atoms with Gasteiger partial charge < -0.3 is 10.2 Å². The van der Waals surface area contributed by atoms with Crippen molar-refractivity contribution in [2.75, 3.05) is 11.4 Å². The van der Waals surface area contributed by atoms with Crippen LogP contribution in [0.25, 0.3) is 0 Å². The fourth-order valence-corrected chi connectivity index (χ4v) is 3.80. The zero-order valence-corrected chi connectivity index (χ0v) is 12.9. The summed E-state index contributed by atoms with van der Waals surface area (Å²) in [5, 5.41) is 3.54. The van der Waals surface area contributed by atoms with Crippen LogP contribution in [0.4, 0.5) is 5.69 Å². The Bertz CT molecular complexity index is 515. The molecule has 0 aromatic heterocycles. The number of rotatable bonds is 1. The Morgan fingerprint density at radius 1 is 1.42 bits per heavy atom. The van der Waals surface area contributed by atoms with Gasteiger partial charge in [0.05, 0.1) is 11.5 Å². The van der Waals surface area contributed by atoms with Crippen molar-refractivity contribution in [1.82, 2.24) is 5.32 Å². The summed E-state index contributed by atoms with van der Waals surface area (Å²) in [6, 6.07) is 8.58. The molecule has 102 valence electrons. The lowest BCUT2D eigenvalue weighted by Crippen LogP contribution is -2.50. The van der Waals surface area contributed by atoms with Crippen LogP contribution in [0.1, 0.15) is 26.7 Å². The number of nitrogens with zero attached hydrogens (tertiary/aromatic N) is 1. The molecule has 0 radical (unpaired) electrons. The molecule has 0 spiro atoms. The summed E-state index contributed by atoms with van der Waals surface area (Å²) in [5.74, 6) is 0.231. The van der Waals surface area contributed by atoms with Gasteiger partial charge in [0, 0.05) is 16.2 Å². The molecule has 3 rings (SSSR count). The Morgan fingerprint density at radius 2 is 2.21 bits per heavy atom. The lowest BCUT2D eigenvalue weighted by Gasteiger charge is -2.34. The third-order valence-corrected chi connectivity index (χ3v) is 4.88. The normalized spacial score (nSPS) is 29.4. The molecule has 2 fully saturated rings. The molecule has 2 heterocycles. The average Bonchev–Trinajstić information content (AvgIpc) is 2.58. The molecule has 4 heteroatoms. The van der Waals surface area contributed by atoms with Crippen LogP contribution in [0.15, 0.2) is 28.7 Å². The number of hydrogen-bond donors (Lipinski definition) is 1. The molecule has 0 aliphatic carbocycles. The van der Waals surface area contributed by atoms with Crippen LogP contribution in [0.5, 0.6) is 0 Å². The van der Waals surface area contributed by atoms with Crippen molar-refractivity contribution in [1.29, 1.82) is 0 Å². The van der Waals surface area contributed by atoms with Crippen molar-refractivity contribution in [2.24, 2.45) is 5.41 Å². The third kappa shape index (κ3) is 2.01. The average molecular weight is 323 g/mol. The molecule has 1 N–H and O–H groups in total. The maximum Gasteiger partial charge on any atom is 0.234 e. The number of amides is 1. The first-order chi connectivity index (χ1) is 9.01. The number of nitrogens with one attached hydrogen (secondary N) is 1. The number of carbonyl (C=O) groups is 1. The van der Waals surface area contributed by atoms with E-state index in [0.717, 1.165) is 29.5 Å². The molecule has 0 bridgehead atoms. The molecule has 2 saturated heterocycles. The predicted molar refractivity (Wildman–Crippen MR) is 80.2 cm³/mol. The van der Waals surface area contributed by atoms with Gasteiger partial charge in [0.25, 0.3) is 0 Å². The maximum atomic E-state index is 12.8. The Labute approximate surface area is 122 Å². The van der Waals surface area contributed by atoms with Gasteiger partial charge in [-0.1, -0.05) is 22.0 Å². The van der Waals surface area contributed by atoms with Crippen LogP contribution in [0, 0.1) is 5.41 Å². The second-order valence-corrected chi connectivity index (χ2v) is 6.93. The van der Waals surface area contributed by atoms with E-state index in [-0.39, 0.29) is 23.4 Å². The van der Waals surface area contributed by atoms with Crippen LogP contribution in [-0.4, -0.2) is 24.5 Å². The van der Waals surface area contributed by atoms with Crippen molar-refractivity contribution < 1.29 is 4.79 Å².